The highest BCUT2D eigenvalue weighted by Crippen LogP contribution is 2.40. The molecule has 2 heterocycles. The highest BCUT2D eigenvalue weighted by atomic mass is 16.5. The molecule has 0 spiro atoms. The summed E-state index contributed by atoms with van der Waals surface area (Å²) in [6.07, 6.45) is 9.26. The molecule has 1 aliphatic heterocycles. The van der Waals surface area contributed by atoms with Crippen LogP contribution in [0.5, 0.6) is 0 Å². The first kappa shape index (κ1) is 14.3. The minimum atomic E-state index is -0.0598. The molecule has 0 amide bonds. The molecule has 1 N–H and O–H groups in total. The Labute approximate surface area is 131 Å². The predicted molar refractivity (Wildman–Crippen MR) is 82.4 cm³/mol. The third-order valence-electron chi connectivity index (χ3n) is 5.43. The summed E-state index contributed by atoms with van der Waals surface area (Å²) >= 11 is 0. The SMILES string of the molecule is C=C1CC(NC2(c3nnnn3C3CCOC3)CCCCC2)C1. The van der Waals surface area contributed by atoms with E-state index in [9.17, 15) is 0 Å². The van der Waals surface area contributed by atoms with Gasteiger partial charge in [-0.15, -0.1) is 5.10 Å². The van der Waals surface area contributed by atoms with Gasteiger partial charge in [-0.3, -0.25) is 0 Å². The van der Waals surface area contributed by atoms with E-state index < -0.39 is 0 Å². The van der Waals surface area contributed by atoms with Crippen molar-refractivity contribution in [1.29, 1.82) is 0 Å². The van der Waals surface area contributed by atoms with Gasteiger partial charge in [-0.1, -0.05) is 31.4 Å². The summed E-state index contributed by atoms with van der Waals surface area (Å²) in [5.74, 6) is 1.03. The van der Waals surface area contributed by atoms with E-state index in [0.29, 0.717) is 12.1 Å². The molecular formula is C16H25N5O. The second-order valence-corrected chi connectivity index (χ2v) is 7.11. The second kappa shape index (κ2) is 5.74. The summed E-state index contributed by atoms with van der Waals surface area (Å²) in [4.78, 5) is 0. The zero-order valence-electron chi connectivity index (χ0n) is 13.1. The standard InChI is InChI=1S/C16H25N5O/c1-12-9-13(10-12)17-16(6-3-2-4-7-16)15-18-19-20-21(15)14-5-8-22-11-14/h13-14,17H,1-11H2. The molecule has 3 aliphatic rings. The Kier molecular flexibility index (Phi) is 3.74. The molecule has 22 heavy (non-hydrogen) atoms. The van der Waals surface area contributed by atoms with Gasteiger partial charge in [-0.25, -0.2) is 4.68 Å². The Morgan fingerprint density at radius 3 is 2.73 bits per heavy atom. The van der Waals surface area contributed by atoms with Crippen molar-refractivity contribution in [1.82, 2.24) is 25.5 Å². The molecule has 2 saturated carbocycles. The molecule has 0 radical (unpaired) electrons. The van der Waals surface area contributed by atoms with Gasteiger partial charge in [0.1, 0.15) is 0 Å². The lowest BCUT2D eigenvalue weighted by Gasteiger charge is -2.43. The monoisotopic (exact) mass is 303 g/mol. The normalized spacial score (nSPS) is 28.7. The van der Waals surface area contributed by atoms with Gasteiger partial charge in [-0.2, -0.15) is 0 Å². The van der Waals surface area contributed by atoms with E-state index in [1.807, 2.05) is 4.68 Å². The van der Waals surface area contributed by atoms with Crippen molar-refractivity contribution in [3.05, 3.63) is 18.0 Å². The largest absolute Gasteiger partial charge is 0.379 e. The maximum absolute atomic E-state index is 5.54. The lowest BCUT2D eigenvalue weighted by Crippen LogP contribution is -2.53. The zero-order chi connectivity index (χ0) is 15.0. The quantitative estimate of drug-likeness (QED) is 0.863. The molecule has 1 atom stereocenters. The smallest absolute Gasteiger partial charge is 0.171 e. The van der Waals surface area contributed by atoms with Gasteiger partial charge in [0.25, 0.3) is 0 Å². The summed E-state index contributed by atoms with van der Waals surface area (Å²) in [5.41, 5.74) is 1.29. The molecule has 1 aromatic rings. The Morgan fingerprint density at radius 2 is 2.05 bits per heavy atom. The van der Waals surface area contributed by atoms with Crippen LogP contribution in [0, 0.1) is 0 Å². The first-order valence-corrected chi connectivity index (χ1v) is 8.57. The predicted octanol–water partition coefficient (Wildman–Crippen LogP) is 2.10. The number of nitrogens with zero attached hydrogens (tertiary/aromatic N) is 4. The molecule has 120 valence electrons. The highest BCUT2D eigenvalue weighted by molar-refractivity contribution is 5.16. The van der Waals surface area contributed by atoms with Crippen LogP contribution in [0.4, 0.5) is 0 Å². The third kappa shape index (κ3) is 2.48. The average Bonchev–Trinajstić information content (AvgIpc) is 3.17. The van der Waals surface area contributed by atoms with Crippen LogP contribution < -0.4 is 5.32 Å². The molecule has 1 aromatic heterocycles. The van der Waals surface area contributed by atoms with Crippen LogP contribution >= 0.6 is 0 Å². The molecule has 2 aliphatic carbocycles. The number of tetrazole rings is 1. The van der Waals surface area contributed by atoms with E-state index in [1.54, 1.807) is 0 Å². The van der Waals surface area contributed by atoms with Gasteiger partial charge in [0.05, 0.1) is 18.2 Å². The van der Waals surface area contributed by atoms with Crippen LogP contribution in [-0.4, -0.2) is 39.5 Å². The van der Waals surface area contributed by atoms with Gasteiger partial charge < -0.3 is 10.1 Å². The third-order valence-corrected chi connectivity index (χ3v) is 5.43. The molecular weight excluding hydrogens is 278 g/mol. The number of nitrogens with one attached hydrogen (secondary N) is 1. The van der Waals surface area contributed by atoms with Crippen molar-refractivity contribution < 1.29 is 4.74 Å². The van der Waals surface area contributed by atoms with E-state index in [2.05, 4.69) is 27.4 Å². The van der Waals surface area contributed by atoms with Crippen molar-refractivity contribution in [2.75, 3.05) is 13.2 Å². The number of ether oxygens (including phenoxy) is 1. The molecule has 6 heteroatoms. The number of aromatic nitrogens is 4. The van der Waals surface area contributed by atoms with Gasteiger partial charge >= 0.3 is 0 Å². The number of rotatable bonds is 4. The van der Waals surface area contributed by atoms with Crippen molar-refractivity contribution in [3.8, 4) is 0 Å². The molecule has 3 fully saturated rings. The zero-order valence-corrected chi connectivity index (χ0v) is 13.1. The van der Waals surface area contributed by atoms with Gasteiger partial charge in [0.2, 0.25) is 0 Å². The Balaban J connectivity index is 1.62. The van der Waals surface area contributed by atoms with Crippen molar-refractivity contribution in [3.63, 3.8) is 0 Å². The summed E-state index contributed by atoms with van der Waals surface area (Å²) in [6.45, 7) is 5.61. The van der Waals surface area contributed by atoms with Crippen LogP contribution in [0.3, 0.4) is 0 Å². The number of hydrogen-bond acceptors (Lipinski definition) is 5. The average molecular weight is 303 g/mol. The molecule has 1 saturated heterocycles. The van der Waals surface area contributed by atoms with Crippen molar-refractivity contribution in [2.24, 2.45) is 0 Å². The highest BCUT2D eigenvalue weighted by Gasteiger charge is 2.43. The maximum Gasteiger partial charge on any atom is 0.171 e. The van der Waals surface area contributed by atoms with Gasteiger partial charge in [0.15, 0.2) is 5.82 Å². The van der Waals surface area contributed by atoms with Gasteiger partial charge in [0, 0.05) is 12.6 Å². The summed E-state index contributed by atoms with van der Waals surface area (Å²) in [7, 11) is 0. The Morgan fingerprint density at radius 1 is 1.23 bits per heavy atom. The first-order chi connectivity index (χ1) is 10.8. The van der Waals surface area contributed by atoms with Crippen LogP contribution in [0.1, 0.15) is 63.2 Å². The number of hydrogen-bond donors (Lipinski definition) is 1. The van der Waals surface area contributed by atoms with E-state index in [1.165, 1.54) is 24.8 Å². The van der Waals surface area contributed by atoms with Crippen LogP contribution in [-0.2, 0) is 10.3 Å². The van der Waals surface area contributed by atoms with Gasteiger partial charge in [-0.05, 0) is 42.5 Å². The fourth-order valence-corrected chi connectivity index (χ4v) is 4.19. The molecule has 0 aromatic carbocycles. The van der Waals surface area contributed by atoms with Crippen molar-refractivity contribution >= 4 is 0 Å². The Hall–Kier alpha value is -1.27. The molecule has 4 rings (SSSR count). The topological polar surface area (TPSA) is 64.9 Å². The summed E-state index contributed by atoms with van der Waals surface area (Å²) in [6, 6.07) is 0.831. The molecule has 0 bridgehead atoms. The van der Waals surface area contributed by atoms with Crippen molar-refractivity contribution in [2.45, 2.75) is 69.0 Å². The van der Waals surface area contributed by atoms with Crippen LogP contribution in [0.25, 0.3) is 0 Å². The minimum Gasteiger partial charge on any atom is -0.379 e. The first-order valence-electron chi connectivity index (χ1n) is 8.57. The second-order valence-electron chi connectivity index (χ2n) is 7.11. The molecule has 6 nitrogen and oxygen atoms in total. The Bertz CT molecular complexity index is 534. The molecule has 1 unspecified atom stereocenters. The summed E-state index contributed by atoms with van der Waals surface area (Å²) < 4.78 is 7.58. The van der Waals surface area contributed by atoms with E-state index in [-0.39, 0.29) is 5.54 Å². The summed E-state index contributed by atoms with van der Waals surface area (Å²) in [5, 5.41) is 16.7. The van der Waals surface area contributed by atoms with E-state index in [0.717, 1.165) is 51.1 Å². The lowest BCUT2D eigenvalue weighted by atomic mass is 9.77. The minimum absolute atomic E-state index is 0.0598. The van der Waals surface area contributed by atoms with Crippen LogP contribution in [0.15, 0.2) is 12.2 Å². The fourth-order valence-electron chi connectivity index (χ4n) is 4.19. The van der Waals surface area contributed by atoms with E-state index >= 15 is 0 Å². The lowest BCUT2D eigenvalue weighted by molar-refractivity contribution is 0.160. The van der Waals surface area contributed by atoms with Crippen LogP contribution in [0.2, 0.25) is 0 Å². The van der Waals surface area contributed by atoms with E-state index in [4.69, 9.17) is 4.74 Å². The fraction of sp³-hybridized carbons (Fsp3) is 0.812. The maximum atomic E-state index is 5.54.